The molecule has 0 amide bonds. The Morgan fingerprint density at radius 1 is 1.07 bits per heavy atom. The molecule has 0 saturated heterocycles. The summed E-state index contributed by atoms with van der Waals surface area (Å²) in [6.45, 7) is 0. The van der Waals surface area contributed by atoms with Gasteiger partial charge in [0.1, 0.15) is 5.69 Å². The van der Waals surface area contributed by atoms with Gasteiger partial charge in [0.15, 0.2) is 6.29 Å². The van der Waals surface area contributed by atoms with E-state index in [-0.39, 0.29) is 0 Å². The molecular weight excluding hydrogens is 176 g/mol. The number of para-hydroxylation sites is 1. The average molecular weight is 186 g/mol. The molecule has 0 radical (unpaired) electrons. The molecule has 3 heteroatoms. The highest BCUT2D eigenvalue weighted by Crippen LogP contribution is 2.07. The molecule has 1 aromatic carbocycles. The second-order valence-corrected chi connectivity index (χ2v) is 2.90. The fraction of sp³-hybridized carbons (Fsp3) is 0. The number of benzene rings is 1. The van der Waals surface area contributed by atoms with Gasteiger partial charge in [-0.05, 0) is 24.3 Å². The zero-order valence-electron chi connectivity index (χ0n) is 7.55. The van der Waals surface area contributed by atoms with Crippen LogP contribution < -0.4 is 5.43 Å². The van der Waals surface area contributed by atoms with Gasteiger partial charge in [0.05, 0.1) is 5.69 Å². The molecule has 0 saturated carbocycles. The van der Waals surface area contributed by atoms with Gasteiger partial charge in [-0.25, -0.2) is 0 Å². The molecule has 2 aromatic rings. The molecule has 1 aromatic heterocycles. The lowest BCUT2D eigenvalue weighted by Gasteiger charge is -2.08. The van der Waals surface area contributed by atoms with Crippen molar-refractivity contribution in [2.45, 2.75) is 0 Å². The quantitative estimate of drug-likeness (QED) is 0.745. The van der Waals surface area contributed by atoms with Gasteiger partial charge in [-0.1, -0.05) is 18.2 Å². The molecule has 70 valence electrons. The van der Waals surface area contributed by atoms with Crippen molar-refractivity contribution >= 4 is 12.0 Å². The summed E-state index contributed by atoms with van der Waals surface area (Å²) in [7, 11) is 0. The fourth-order valence-electron chi connectivity index (χ4n) is 1.24. The van der Waals surface area contributed by atoms with E-state index in [0.29, 0.717) is 5.69 Å². The van der Waals surface area contributed by atoms with Crippen LogP contribution in [0.5, 0.6) is 0 Å². The number of aromatic nitrogens is 1. The van der Waals surface area contributed by atoms with Crippen LogP contribution in [0.1, 0.15) is 10.5 Å². The van der Waals surface area contributed by atoms with Crippen LogP contribution in [-0.2, 0) is 0 Å². The third-order valence-corrected chi connectivity index (χ3v) is 1.92. The Kier molecular flexibility index (Phi) is 2.32. The second-order valence-electron chi connectivity index (χ2n) is 2.90. The maximum Gasteiger partial charge on any atom is 0.168 e. The van der Waals surface area contributed by atoms with E-state index < -0.39 is 0 Å². The van der Waals surface area contributed by atoms with E-state index in [4.69, 9.17) is 0 Å². The normalized spacial score (nSPS) is 9.71. The van der Waals surface area contributed by atoms with Crippen molar-refractivity contribution in [3.05, 3.63) is 54.4 Å². The molecule has 2 rings (SSSR count). The van der Waals surface area contributed by atoms with Crippen molar-refractivity contribution in [2.75, 3.05) is 5.43 Å². The lowest BCUT2D eigenvalue weighted by Crippen LogP contribution is -2.10. The fourth-order valence-corrected chi connectivity index (χ4v) is 1.24. The number of carbonyl (C=O) groups excluding carboxylic acids is 1. The van der Waals surface area contributed by atoms with Crippen molar-refractivity contribution in [1.82, 2.24) is 4.68 Å². The number of aldehydes is 1. The van der Waals surface area contributed by atoms with Crippen LogP contribution in [0.2, 0.25) is 0 Å². The smallest absolute Gasteiger partial charge is 0.168 e. The number of hydrogen-bond acceptors (Lipinski definition) is 2. The number of nitrogens with one attached hydrogen (secondary N) is 1. The number of rotatable bonds is 3. The van der Waals surface area contributed by atoms with Crippen molar-refractivity contribution in [1.29, 1.82) is 0 Å². The van der Waals surface area contributed by atoms with Gasteiger partial charge in [0.25, 0.3) is 0 Å². The van der Waals surface area contributed by atoms with E-state index in [9.17, 15) is 4.79 Å². The molecule has 1 N–H and O–H groups in total. The van der Waals surface area contributed by atoms with Crippen LogP contribution >= 0.6 is 0 Å². The van der Waals surface area contributed by atoms with E-state index in [0.717, 1.165) is 12.0 Å². The third-order valence-electron chi connectivity index (χ3n) is 1.92. The van der Waals surface area contributed by atoms with Gasteiger partial charge >= 0.3 is 0 Å². The first-order chi connectivity index (χ1) is 6.90. The zero-order chi connectivity index (χ0) is 9.80. The van der Waals surface area contributed by atoms with Gasteiger partial charge in [0.2, 0.25) is 0 Å². The molecule has 1 heterocycles. The molecule has 0 spiro atoms. The van der Waals surface area contributed by atoms with Crippen LogP contribution in [0, 0.1) is 0 Å². The third kappa shape index (κ3) is 1.66. The number of carbonyl (C=O) groups is 1. The topological polar surface area (TPSA) is 34.0 Å². The summed E-state index contributed by atoms with van der Waals surface area (Å²) in [5, 5.41) is 0. The maximum atomic E-state index is 10.6. The summed E-state index contributed by atoms with van der Waals surface area (Å²) in [6.07, 6.45) is 2.62. The highest BCUT2D eigenvalue weighted by atomic mass is 16.1. The largest absolute Gasteiger partial charge is 0.296 e. The molecule has 0 fully saturated rings. The summed E-state index contributed by atoms with van der Waals surface area (Å²) in [6, 6.07) is 13.3. The number of nitrogens with zero attached hydrogens (tertiary/aromatic N) is 1. The maximum absolute atomic E-state index is 10.6. The molecule has 0 aliphatic rings. The minimum atomic E-state index is 0.605. The van der Waals surface area contributed by atoms with E-state index in [1.165, 1.54) is 0 Å². The minimum Gasteiger partial charge on any atom is -0.296 e. The van der Waals surface area contributed by atoms with Gasteiger partial charge in [-0.3, -0.25) is 14.9 Å². The summed E-state index contributed by atoms with van der Waals surface area (Å²) < 4.78 is 1.68. The Balaban J connectivity index is 2.23. The summed E-state index contributed by atoms with van der Waals surface area (Å²) in [5.74, 6) is 0. The standard InChI is InChI=1S/C11H10N2O/c14-9-11-7-4-8-13(11)12-10-5-2-1-3-6-10/h1-9,12H. The minimum absolute atomic E-state index is 0.605. The van der Waals surface area contributed by atoms with Crippen LogP contribution in [0.4, 0.5) is 5.69 Å². The molecule has 0 aliphatic carbocycles. The van der Waals surface area contributed by atoms with Crippen molar-refractivity contribution in [2.24, 2.45) is 0 Å². The molecule has 0 atom stereocenters. The van der Waals surface area contributed by atoms with Crippen molar-refractivity contribution in [3.63, 3.8) is 0 Å². The van der Waals surface area contributed by atoms with Crippen molar-refractivity contribution < 1.29 is 4.79 Å². The number of anilines is 1. The molecule has 3 nitrogen and oxygen atoms in total. The Morgan fingerprint density at radius 3 is 2.57 bits per heavy atom. The Hall–Kier alpha value is -2.03. The van der Waals surface area contributed by atoms with Gasteiger partial charge in [-0.2, -0.15) is 0 Å². The molecule has 0 aliphatic heterocycles. The molecule has 14 heavy (non-hydrogen) atoms. The van der Waals surface area contributed by atoms with Crippen LogP contribution in [0.25, 0.3) is 0 Å². The molecule has 0 bridgehead atoms. The van der Waals surface area contributed by atoms with E-state index >= 15 is 0 Å². The Labute approximate surface area is 82.0 Å². The van der Waals surface area contributed by atoms with Crippen LogP contribution in [0.3, 0.4) is 0 Å². The Morgan fingerprint density at radius 2 is 1.86 bits per heavy atom. The second kappa shape index (κ2) is 3.79. The average Bonchev–Trinajstić information content (AvgIpc) is 2.67. The summed E-state index contributed by atoms with van der Waals surface area (Å²) in [4.78, 5) is 10.6. The van der Waals surface area contributed by atoms with E-state index in [2.05, 4.69) is 5.43 Å². The monoisotopic (exact) mass is 186 g/mol. The van der Waals surface area contributed by atoms with Gasteiger partial charge in [-0.15, -0.1) is 0 Å². The Bertz CT molecular complexity index is 420. The highest BCUT2D eigenvalue weighted by Gasteiger charge is 1.97. The van der Waals surface area contributed by atoms with Crippen molar-refractivity contribution in [3.8, 4) is 0 Å². The molecular formula is C11H10N2O. The summed E-state index contributed by atoms with van der Waals surface area (Å²) in [5.41, 5.74) is 4.65. The van der Waals surface area contributed by atoms with E-state index in [1.807, 2.05) is 36.4 Å². The molecule has 0 unspecified atom stereocenters. The highest BCUT2D eigenvalue weighted by molar-refractivity contribution is 5.72. The predicted octanol–water partition coefficient (Wildman–Crippen LogP) is 2.18. The van der Waals surface area contributed by atoms with Gasteiger partial charge < -0.3 is 0 Å². The summed E-state index contributed by atoms with van der Waals surface area (Å²) >= 11 is 0. The predicted molar refractivity (Wildman–Crippen MR) is 55.3 cm³/mol. The first-order valence-electron chi connectivity index (χ1n) is 4.35. The lowest BCUT2D eigenvalue weighted by atomic mass is 10.3. The van der Waals surface area contributed by atoms with E-state index in [1.54, 1.807) is 16.9 Å². The van der Waals surface area contributed by atoms with Crippen LogP contribution in [-0.4, -0.2) is 11.0 Å². The van der Waals surface area contributed by atoms with Gasteiger partial charge in [0, 0.05) is 6.20 Å². The zero-order valence-corrected chi connectivity index (χ0v) is 7.55. The first-order valence-corrected chi connectivity index (χ1v) is 4.35. The SMILES string of the molecule is O=Cc1cccn1Nc1ccccc1. The lowest BCUT2D eigenvalue weighted by molar-refractivity contribution is 0.111. The first kappa shape index (κ1) is 8.56. The number of hydrogen-bond donors (Lipinski definition) is 1. The van der Waals surface area contributed by atoms with Crippen LogP contribution in [0.15, 0.2) is 48.7 Å².